The Morgan fingerprint density at radius 1 is 1.56 bits per heavy atom. The molecule has 0 aliphatic heterocycles. The van der Waals surface area contributed by atoms with E-state index in [1.807, 2.05) is 0 Å². The van der Waals surface area contributed by atoms with Crippen molar-refractivity contribution in [3.63, 3.8) is 0 Å². The molecule has 0 saturated heterocycles. The Kier molecular flexibility index (Phi) is 4.38. The van der Waals surface area contributed by atoms with Gasteiger partial charge in [-0.25, -0.2) is 5.84 Å². The molecule has 2 atom stereocenters. The zero-order chi connectivity index (χ0) is 13.0. The summed E-state index contributed by atoms with van der Waals surface area (Å²) in [6, 6.07) is 1.75. The Bertz CT molecular complexity index is 403. The van der Waals surface area contributed by atoms with Gasteiger partial charge in [0.15, 0.2) is 5.76 Å². The Labute approximate surface area is 107 Å². The normalized spacial score (nSPS) is 23.9. The molecule has 5 heteroatoms. The van der Waals surface area contributed by atoms with Crippen molar-refractivity contribution in [3.05, 3.63) is 23.7 Å². The molecule has 0 bridgehead atoms. The first-order valence-electron chi connectivity index (χ1n) is 6.41. The lowest BCUT2D eigenvalue weighted by Crippen LogP contribution is -2.30. The van der Waals surface area contributed by atoms with Crippen LogP contribution in [-0.2, 0) is 11.3 Å². The van der Waals surface area contributed by atoms with Gasteiger partial charge in [-0.15, -0.1) is 0 Å². The van der Waals surface area contributed by atoms with Crippen molar-refractivity contribution >= 4 is 5.91 Å². The standard InChI is InChI=1S/C13H20N2O3/c1-9-4-2-3-5-11(9)18-8-10-6-7-17-12(10)13(16)15-14/h6-7,9,11H,2-5,8,14H2,1H3,(H,15,16). The van der Waals surface area contributed by atoms with Gasteiger partial charge in [-0.2, -0.15) is 0 Å². The number of nitrogen functional groups attached to an aromatic ring is 1. The van der Waals surface area contributed by atoms with E-state index < -0.39 is 5.91 Å². The van der Waals surface area contributed by atoms with Crippen LogP contribution < -0.4 is 11.3 Å². The van der Waals surface area contributed by atoms with E-state index in [-0.39, 0.29) is 11.9 Å². The first-order valence-corrected chi connectivity index (χ1v) is 6.41. The van der Waals surface area contributed by atoms with Crippen LogP contribution in [0.5, 0.6) is 0 Å². The van der Waals surface area contributed by atoms with Crippen LogP contribution in [0.3, 0.4) is 0 Å². The first-order chi connectivity index (χ1) is 8.72. The summed E-state index contributed by atoms with van der Waals surface area (Å²) in [5.74, 6) is 5.49. The summed E-state index contributed by atoms with van der Waals surface area (Å²) in [5.41, 5.74) is 2.81. The van der Waals surface area contributed by atoms with Crippen LogP contribution in [0.25, 0.3) is 0 Å². The molecule has 1 heterocycles. The van der Waals surface area contributed by atoms with Crippen LogP contribution in [0.1, 0.15) is 48.7 Å². The maximum atomic E-state index is 11.4. The zero-order valence-electron chi connectivity index (χ0n) is 10.6. The van der Waals surface area contributed by atoms with Crippen molar-refractivity contribution < 1.29 is 13.9 Å². The average molecular weight is 252 g/mol. The highest BCUT2D eigenvalue weighted by Gasteiger charge is 2.23. The maximum absolute atomic E-state index is 11.4. The fourth-order valence-electron chi connectivity index (χ4n) is 2.44. The van der Waals surface area contributed by atoms with Gasteiger partial charge in [-0.3, -0.25) is 10.2 Å². The minimum absolute atomic E-state index is 0.237. The summed E-state index contributed by atoms with van der Waals surface area (Å²) in [4.78, 5) is 11.4. The molecule has 18 heavy (non-hydrogen) atoms. The molecule has 0 aromatic carbocycles. The van der Waals surface area contributed by atoms with Gasteiger partial charge in [0.05, 0.1) is 19.0 Å². The molecular formula is C13H20N2O3. The summed E-state index contributed by atoms with van der Waals surface area (Å²) < 4.78 is 11.0. The third-order valence-electron chi connectivity index (χ3n) is 3.57. The molecule has 1 fully saturated rings. The highest BCUT2D eigenvalue weighted by molar-refractivity contribution is 5.92. The van der Waals surface area contributed by atoms with Gasteiger partial charge in [0, 0.05) is 5.56 Å². The number of amides is 1. The number of hydrogen-bond donors (Lipinski definition) is 2. The first kappa shape index (κ1) is 13.1. The number of carbonyl (C=O) groups is 1. The van der Waals surface area contributed by atoms with E-state index in [9.17, 15) is 4.79 Å². The van der Waals surface area contributed by atoms with E-state index in [4.69, 9.17) is 15.0 Å². The second-order valence-electron chi connectivity index (χ2n) is 4.86. The molecule has 1 amide bonds. The Morgan fingerprint density at radius 2 is 2.33 bits per heavy atom. The summed E-state index contributed by atoms with van der Waals surface area (Å²) in [7, 11) is 0. The summed E-state index contributed by atoms with van der Waals surface area (Å²) in [6.45, 7) is 2.61. The van der Waals surface area contributed by atoms with E-state index in [1.165, 1.54) is 25.5 Å². The Morgan fingerprint density at radius 3 is 3.06 bits per heavy atom. The SMILES string of the molecule is CC1CCCCC1OCc1ccoc1C(=O)NN. The molecule has 1 aliphatic rings. The number of carbonyl (C=O) groups excluding carboxylic acids is 1. The van der Waals surface area contributed by atoms with E-state index in [0.717, 1.165) is 12.0 Å². The van der Waals surface area contributed by atoms with Gasteiger partial charge in [-0.05, 0) is 24.8 Å². The molecule has 1 saturated carbocycles. The summed E-state index contributed by atoms with van der Waals surface area (Å²) in [6.07, 6.45) is 6.57. The maximum Gasteiger partial charge on any atom is 0.301 e. The van der Waals surface area contributed by atoms with E-state index in [2.05, 4.69) is 12.3 Å². The van der Waals surface area contributed by atoms with Gasteiger partial charge in [0.25, 0.3) is 0 Å². The average Bonchev–Trinajstić information content (AvgIpc) is 2.85. The molecule has 2 unspecified atom stereocenters. The van der Waals surface area contributed by atoms with Gasteiger partial charge in [0.2, 0.25) is 0 Å². The minimum Gasteiger partial charge on any atom is -0.459 e. The van der Waals surface area contributed by atoms with Gasteiger partial charge < -0.3 is 9.15 Å². The van der Waals surface area contributed by atoms with Crippen LogP contribution in [-0.4, -0.2) is 12.0 Å². The Balaban J connectivity index is 1.93. The van der Waals surface area contributed by atoms with Gasteiger partial charge >= 0.3 is 5.91 Å². The van der Waals surface area contributed by atoms with Crippen LogP contribution in [0.4, 0.5) is 0 Å². The molecule has 3 N–H and O–H groups in total. The van der Waals surface area contributed by atoms with Gasteiger partial charge in [0.1, 0.15) is 0 Å². The third kappa shape index (κ3) is 2.91. The number of furan rings is 1. The third-order valence-corrected chi connectivity index (χ3v) is 3.57. The van der Waals surface area contributed by atoms with E-state index in [0.29, 0.717) is 12.5 Å². The Hall–Kier alpha value is -1.33. The number of rotatable bonds is 4. The van der Waals surface area contributed by atoms with Crippen LogP contribution in [0.15, 0.2) is 16.7 Å². The van der Waals surface area contributed by atoms with Crippen molar-refractivity contribution in [2.75, 3.05) is 0 Å². The second-order valence-corrected chi connectivity index (χ2v) is 4.86. The second kappa shape index (κ2) is 6.02. The van der Waals surface area contributed by atoms with Crippen molar-refractivity contribution in [2.45, 2.75) is 45.3 Å². The molecule has 1 aromatic rings. The van der Waals surface area contributed by atoms with Crippen molar-refractivity contribution in [2.24, 2.45) is 11.8 Å². The fourth-order valence-corrected chi connectivity index (χ4v) is 2.44. The smallest absolute Gasteiger partial charge is 0.301 e. The zero-order valence-corrected chi connectivity index (χ0v) is 10.6. The number of hydrogen-bond acceptors (Lipinski definition) is 4. The number of nitrogens with one attached hydrogen (secondary N) is 1. The van der Waals surface area contributed by atoms with Gasteiger partial charge in [-0.1, -0.05) is 19.8 Å². The molecule has 0 spiro atoms. The largest absolute Gasteiger partial charge is 0.459 e. The lowest BCUT2D eigenvalue weighted by molar-refractivity contribution is -0.0159. The molecular weight excluding hydrogens is 232 g/mol. The highest BCUT2D eigenvalue weighted by Crippen LogP contribution is 2.27. The topological polar surface area (TPSA) is 77.5 Å². The van der Waals surface area contributed by atoms with E-state index >= 15 is 0 Å². The van der Waals surface area contributed by atoms with Crippen molar-refractivity contribution in [3.8, 4) is 0 Å². The lowest BCUT2D eigenvalue weighted by atomic mass is 9.88. The van der Waals surface area contributed by atoms with Crippen LogP contribution in [0.2, 0.25) is 0 Å². The quantitative estimate of drug-likeness (QED) is 0.488. The van der Waals surface area contributed by atoms with Crippen LogP contribution in [0, 0.1) is 5.92 Å². The lowest BCUT2D eigenvalue weighted by Gasteiger charge is -2.28. The predicted octanol–water partition coefficient (Wildman–Crippen LogP) is 1.98. The minimum atomic E-state index is -0.421. The number of hydrazine groups is 1. The summed E-state index contributed by atoms with van der Waals surface area (Å²) >= 11 is 0. The number of nitrogens with two attached hydrogens (primary N) is 1. The van der Waals surface area contributed by atoms with Crippen molar-refractivity contribution in [1.82, 2.24) is 5.43 Å². The predicted molar refractivity (Wildman–Crippen MR) is 66.6 cm³/mol. The van der Waals surface area contributed by atoms with Crippen LogP contribution >= 0.6 is 0 Å². The molecule has 0 radical (unpaired) electrons. The van der Waals surface area contributed by atoms with E-state index in [1.54, 1.807) is 6.07 Å². The molecule has 2 rings (SSSR count). The molecule has 1 aromatic heterocycles. The molecule has 5 nitrogen and oxygen atoms in total. The van der Waals surface area contributed by atoms with Crippen molar-refractivity contribution in [1.29, 1.82) is 0 Å². The molecule has 100 valence electrons. The monoisotopic (exact) mass is 252 g/mol. The molecule has 1 aliphatic carbocycles. The fraction of sp³-hybridized carbons (Fsp3) is 0.615. The highest BCUT2D eigenvalue weighted by atomic mass is 16.5. The number of ether oxygens (including phenoxy) is 1. The summed E-state index contributed by atoms with van der Waals surface area (Å²) in [5, 5.41) is 0.